The molecule has 182 valence electrons. The number of azo groups is 1. The summed E-state index contributed by atoms with van der Waals surface area (Å²) in [4.78, 5) is 22.9. The minimum Gasteiger partial charge on any atom is -0.463 e. The third kappa shape index (κ3) is 8.37. The number of rotatable bonds is 13. The lowest BCUT2D eigenvalue weighted by Crippen LogP contribution is -2.18. The number of hydrogen-bond acceptors (Lipinski definition) is 9. The van der Waals surface area contributed by atoms with E-state index in [1.165, 1.54) is 0 Å². The Morgan fingerprint density at radius 3 is 2.44 bits per heavy atom. The van der Waals surface area contributed by atoms with Gasteiger partial charge in [-0.25, -0.2) is 4.79 Å². The molecule has 0 spiro atoms. The van der Waals surface area contributed by atoms with Gasteiger partial charge in [0.25, 0.3) is 15.8 Å². The summed E-state index contributed by atoms with van der Waals surface area (Å²) in [5, 5.41) is 19.1. The van der Waals surface area contributed by atoms with E-state index in [-0.39, 0.29) is 5.69 Å². The van der Waals surface area contributed by atoms with Crippen molar-refractivity contribution in [2.75, 3.05) is 25.1 Å². The van der Waals surface area contributed by atoms with E-state index >= 15 is 0 Å². The molecule has 2 aromatic carbocycles. The first-order valence-corrected chi connectivity index (χ1v) is 11.8. The van der Waals surface area contributed by atoms with E-state index in [1.54, 1.807) is 12.1 Å². The summed E-state index contributed by atoms with van der Waals surface area (Å²) < 4.78 is 36.4. The summed E-state index contributed by atoms with van der Waals surface area (Å²) in [6.07, 6.45) is 4.87. The Labute approximate surface area is 197 Å². The van der Waals surface area contributed by atoms with Gasteiger partial charge in [0.15, 0.2) is 5.69 Å². The highest BCUT2D eigenvalue weighted by Gasteiger charge is 2.19. The molecule has 0 saturated heterocycles. The van der Waals surface area contributed by atoms with Crippen LogP contribution in [-0.4, -0.2) is 44.1 Å². The maximum absolute atomic E-state index is 11.2. The zero-order valence-electron chi connectivity index (χ0n) is 18.7. The average molecular weight is 491 g/mol. The Bertz CT molecular complexity index is 1150. The number of hydrogen-bond donors (Lipinski definition) is 1. The van der Waals surface area contributed by atoms with Crippen LogP contribution < -0.4 is 4.90 Å². The summed E-state index contributed by atoms with van der Waals surface area (Å²) in [7, 11) is -2.61. The summed E-state index contributed by atoms with van der Waals surface area (Å²) in [5.41, 5.74) is 0.689. The van der Waals surface area contributed by atoms with E-state index in [9.17, 15) is 23.3 Å². The lowest BCUT2D eigenvalue weighted by atomic mass is 10.2. The highest BCUT2D eigenvalue weighted by Crippen LogP contribution is 2.31. The number of carbonyl (C=O) groups excluding carboxylic acids is 1. The summed E-state index contributed by atoms with van der Waals surface area (Å²) in [6, 6.07) is 9.97. The molecule has 34 heavy (non-hydrogen) atoms. The number of carbonyl (C=O) groups is 1. The van der Waals surface area contributed by atoms with Gasteiger partial charge in [0.05, 0.1) is 17.2 Å². The van der Waals surface area contributed by atoms with E-state index in [0.29, 0.717) is 12.3 Å². The molecule has 0 aliphatic rings. The first-order valence-electron chi connectivity index (χ1n) is 10.4. The largest absolute Gasteiger partial charge is 0.463 e. The Kier molecular flexibility index (Phi) is 9.83. The van der Waals surface area contributed by atoms with E-state index in [1.807, 2.05) is 19.2 Å². The number of nitro benzene ring substituents is 1. The van der Waals surface area contributed by atoms with Crippen molar-refractivity contribution in [3.63, 3.8) is 0 Å². The second-order valence-corrected chi connectivity index (χ2v) is 8.73. The van der Waals surface area contributed by atoms with Crippen molar-refractivity contribution in [3.8, 4) is 0 Å². The van der Waals surface area contributed by atoms with Crippen molar-refractivity contribution in [1.29, 1.82) is 0 Å². The summed E-state index contributed by atoms with van der Waals surface area (Å²) in [6.45, 7) is 4.57. The lowest BCUT2D eigenvalue weighted by molar-refractivity contribution is -0.384. The second-order valence-electron chi connectivity index (χ2n) is 7.31. The van der Waals surface area contributed by atoms with Gasteiger partial charge in [-0.05, 0) is 55.7 Å². The predicted molar refractivity (Wildman–Crippen MR) is 126 cm³/mol. The highest BCUT2D eigenvalue weighted by atomic mass is 32.2. The number of nitro groups is 1. The zero-order chi connectivity index (χ0) is 25.1. The van der Waals surface area contributed by atoms with Crippen LogP contribution >= 0.6 is 0 Å². The molecule has 0 aliphatic heterocycles. The molecule has 0 bridgehead atoms. The van der Waals surface area contributed by atoms with Gasteiger partial charge in [0.1, 0.15) is 4.90 Å². The van der Waals surface area contributed by atoms with Crippen molar-refractivity contribution in [2.45, 2.75) is 30.6 Å². The molecule has 0 aliphatic carbocycles. The number of ether oxygens (including phenoxy) is 1. The van der Waals surface area contributed by atoms with Gasteiger partial charge in [0, 0.05) is 31.4 Å². The van der Waals surface area contributed by atoms with Crippen LogP contribution in [0, 0.1) is 10.1 Å². The standard InChI is InChI=1S/C22H26N4O7S/c1-3-22(27)33-15-7-5-4-6-14-25(2)18-10-8-17(9-11-18)23-24-20-13-12-19(34(30,31)32)16-21(20)26(28)29/h3,8-13,16H,1,4-7,14-15H2,2H3,(H,30,31,32). The third-order valence-electron chi connectivity index (χ3n) is 4.80. The molecule has 0 fully saturated rings. The summed E-state index contributed by atoms with van der Waals surface area (Å²) >= 11 is 0. The Morgan fingerprint density at radius 2 is 1.82 bits per heavy atom. The maximum atomic E-state index is 11.2. The number of esters is 1. The van der Waals surface area contributed by atoms with Gasteiger partial charge in [-0.1, -0.05) is 13.0 Å². The van der Waals surface area contributed by atoms with Crippen LogP contribution in [0.3, 0.4) is 0 Å². The van der Waals surface area contributed by atoms with Gasteiger partial charge < -0.3 is 9.64 Å². The zero-order valence-corrected chi connectivity index (χ0v) is 19.5. The lowest BCUT2D eigenvalue weighted by Gasteiger charge is -2.19. The highest BCUT2D eigenvalue weighted by molar-refractivity contribution is 7.85. The van der Waals surface area contributed by atoms with E-state index in [2.05, 4.69) is 21.7 Å². The number of benzene rings is 2. The molecule has 1 N–H and O–H groups in total. The van der Waals surface area contributed by atoms with Crippen molar-refractivity contribution in [1.82, 2.24) is 0 Å². The van der Waals surface area contributed by atoms with E-state index < -0.39 is 31.6 Å². The molecule has 12 heteroatoms. The molecule has 0 saturated carbocycles. The Balaban J connectivity index is 1.90. The number of nitrogens with zero attached hydrogens (tertiary/aromatic N) is 4. The number of unbranched alkanes of at least 4 members (excludes halogenated alkanes) is 3. The van der Waals surface area contributed by atoms with Gasteiger partial charge in [0.2, 0.25) is 0 Å². The molecule has 0 radical (unpaired) electrons. The smallest absolute Gasteiger partial charge is 0.330 e. The van der Waals surface area contributed by atoms with Gasteiger partial charge in [-0.2, -0.15) is 13.5 Å². The SMILES string of the molecule is C=CC(=O)OCCCCCCN(C)c1ccc(N=Nc2ccc(S(=O)(=O)O)cc2[N+](=O)[O-])cc1. The molecule has 0 atom stereocenters. The molecule has 0 unspecified atom stereocenters. The van der Waals surface area contributed by atoms with Gasteiger partial charge in [-0.3, -0.25) is 14.7 Å². The van der Waals surface area contributed by atoms with Crippen LogP contribution in [0.4, 0.5) is 22.7 Å². The molecule has 0 heterocycles. The Morgan fingerprint density at radius 1 is 1.15 bits per heavy atom. The average Bonchev–Trinajstić information content (AvgIpc) is 2.81. The normalized spacial score (nSPS) is 11.4. The van der Waals surface area contributed by atoms with Crippen LogP contribution in [-0.2, 0) is 19.6 Å². The fraction of sp³-hybridized carbons (Fsp3) is 0.318. The van der Waals surface area contributed by atoms with Gasteiger partial charge >= 0.3 is 5.97 Å². The Hall–Kier alpha value is -3.64. The van der Waals surface area contributed by atoms with Crippen molar-refractivity contribution >= 4 is 38.8 Å². The first kappa shape index (κ1) is 26.6. The third-order valence-corrected chi connectivity index (χ3v) is 5.65. The van der Waals surface area contributed by atoms with Crippen molar-refractivity contribution in [3.05, 3.63) is 65.2 Å². The second kappa shape index (κ2) is 12.6. The molecule has 2 rings (SSSR count). The van der Waals surface area contributed by atoms with Crippen molar-refractivity contribution < 1.29 is 27.4 Å². The molecular weight excluding hydrogens is 464 g/mol. The van der Waals surface area contributed by atoms with Crippen LogP contribution in [0.2, 0.25) is 0 Å². The topological polar surface area (TPSA) is 152 Å². The molecule has 2 aromatic rings. The minimum absolute atomic E-state index is 0.141. The maximum Gasteiger partial charge on any atom is 0.330 e. The van der Waals surface area contributed by atoms with Crippen LogP contribution in [0.15, 0.2) is 70.2 Å². The van der Waals surface area contributed by atoms with Gasteiger partial charge in [-0.15, -0.1) is 5.11 Å². The quantitative estimate of drug-likeness (QED) is 0.0784. The van der Waals surface area contributed by atoms with Crippen LogP contribution in [0.5, 0.6) is 0 Å². The molecule has 0 amide bonds. The predicted octanol–water partition coefficient (Wildman–Crippen LogP) is 4.98. The molecular formula is C22H26N4O7S. The fourth-order valence-corrected chi connectivity index (χ4v) is 3.45. The van der Waals surface area contributed by atoms with Crippen LogP contribution in [0.25, 0.3) is 0 Å². The molecule has 0 aromatic heterocycles. The summed E-state index contributed by atoms with van der Waals surface area (Å²) in [5.74, 6) is -0.406. The van der Waals surface area contributed by atoms with Crippen LogP contribution in [0.1, 0.15) is 25.7 Å². The minimum atomic E-state index is -4.58. The first-order chi connectivity index (χ1) is 16.1. The van der Waals surface area contributed by atoms with E-state index in [4.69, 9.17) is 9.29 Å². The fourth-order valence-electron chi connectivity index (χ4n) is 2.95. The van der Waals surface area contributed by atoms with E-state index in [0.717, 1.165) is 62.2 Å². The number of anilines is 1. The van der Waals surface area contributed by atoms with Crippen molar-refractivity contribution in [2.24, 2.45) is 10.2 Å². The molecule has 11 nitrogen and oxygen atoms in total. The monoisotopic (exact) mass is 490 g/mol.